The lowest BCUT2D eigenvalue weighted by Gasteiger charge is -2.04. The number of H-pyrrole nitrogens is 1. The van der Waals surface area contributed by atoms with E-state index in [1.165, 1.54) is 12.1 Å². The summed E-state index contributed by atoms with van der Waals surface area (Å²) in [4.78, 5) is 19.3. The van der Waals surface area contributed by atoms with Crippen molar-refractivity contribution in [2.45, 2.75) is 19.6 Å². The van der Waals surface area contributed by atoms with Gasteiger partial charge in [0.25, 0.3) is 5.91 Å². The number of hydrogen-bond donors (Lipinski definition) is 2. The van der Waals surface area contributed by atoms with Gasteiger partial charge in [0.2, 0.25) is 5.95 Å². The Labute approximate surface area is 140 Å². The molecule has 0 fully saturated rings. The van der Waals surface area contributed by atoms with Gasteiger partial charge >= 0.3 is 6.29 Å². The number of carbonyl (C=O) groups is 1. The molecule has 3 aromatic rings. The van der Waals surface area contributed by atoms with Crippen LogP contribution in [0, 0.1) is 0 Å². The Morgan fingerprint density at radius 1 is 1.20 bits per heavy atom. The summed E-state index contributed by atoms with van der Waals surface area (Å²) in [5.41, 5.74) is 2.44. The fourth-order valence-corrected chi connectivity index (χ4v) is 2.58. The predicted molar refractivity (Wildman–Crippen MR) is 86.1 cm³/mol. The first-order valence-corrected chi connectivity index (χ1v) is 7.63. The van der Waals surface area contributed by atoms with Crippen LogP contribution in [-0.2, 0) is 6.42 Å². The van der Waals surface area contributed by atoms with Gasteiger partial charge in [-0.25, -0.2) is 4.98 Å². The number of rotatable bonds is 3. The Bertz CT molecular complexity index is 922. The highest BCUT2D eigenvalue weighted by molar-refractivity contribution is 6.04. The first kappa shape index (κ1) is 15.4. The molecule has 2 N–H and O–H groups in total. The average Bonchev–Trinajstić information content (AvgIpc) is 3.09. The molecule has 0 spiro atoms. The fraction of sp³-hybridized carbons (Fsp3) is 0.176. The summed E-state index contributed by atoms with van der Waals surface area (Å²) < 4.78 is 34.9. The van der Waals surface area contributed by atoms with Gasteiger partial charge in [-0.2, -0.15) is 0 Å². The zero-order chi connectivity index (χ0) is 17.6. The lowest BCUT2D eigenvalue weighted by atomic mass is 10.1. The molecule has 0 saturated heterocycles. The number of ether oxygens (including phenoxy) is 2. The molecule has 25 heavy (non-hydrogen) atoms. The molecule has 2 aromatic carbocycles. The van der Waals surface area contributed by atoms with Crippen molar-refractivity contribution in [3.8, 4) is 11.5 Å². The van der Waals surface area contributed by atoms with Gasteiger partial charge in [-0.05, 0) is 24.1 Å². The molecule has 1 aliphatic heterocycles. The Hall–Kier alpha value is -3.16. The number of aromatic amines is 1. The third kappa shape index (κ3) is 2.86. The number of nitrogens with zero attached hydrogens (tertiary/aromatic N) is 1. The highest BCUT2D eigenvalue weighted by atomic mass is 19.3. The number of alkyl halides is 2. The Morgan fingerprint density at radius 3 is 2.56 bits per heavy atom. The minimum atomic E-state index is -3.68. The number of nitrogens with one attached hydrogen (secondary N) is 2. The smallest absolute Gasteiger partial charge is 0.395 e. The summed E-state index contributed by atoms with van der Waals surface area (Å²) >= 11 is 0. The van der Waals surface area contributed by atoms with Gasteiger partial charge in [-0.1, -0.05) is 19.1 Å². The molecule has 6 nitrogen and oxygen atoms in total. The van der Waals surface area contributed by atoms with Crippen LogP contribution < -0.4 is 14.8 Å². The predicted octanol–water partition coefficient (Wildman–Crippen LogP) is 3.70. The van der Waals surface area contributed by atoms with Crippen molar-refractivity contribution in [2.75, 3.05) is 5.32 Å². The van der Waals surface area contributed by atoms with E-state index in [2.05, 4.69) is 24.8 Å². The minimum absolute atomic E-state index is 0.0887. The van der Waals surface area contributed by atoms with Crippen molar-refractivity contribution in [2.24, 2.45) is 0 Å². The third-order valence-corrected chi connectivity index (χ3v) is 3.86. The van der Waals surface area contributed by atoms with E-state index in [9.17, 15) is 13.6 Å². The van der Waals surface area contributed by atoms with Gasteiger partial charge < -0.3 is 14.5 Å². The van der Waals surface area contributed by atoms with Crippen LogP contribution in [0.3, 0.4) is 0 Å². The SMILES string of the molecule is CCc1ccc(C(=O)Nc2nc3cc4c(cc3[nH]2)OC(F)(F)O4)cc1. The Balaban J connectivity index is 1.57. The molecule has 0 atom stereocenters. The summed E-state index contributed by atoms with van der Waals surface area (Å²) in [6.07, 6.45) is -2.79. The number of aryl methyl sites for hydroxylation is 1. The van der Waals surface area contributed by atoms with E-state index in [0.29, 0.717) is 16.6 Å². The standard InChI is InChI=1S/C17H13F2N3O3/c1-2-9-3-5-10(6-4-9)15(23)22-16-20-11-7-13-14(8-12(11)21-16)25-17(18,19)24-13/h3-8H,2H2,1H3,(H2,20,21,22,23). The van der Waals surface area contributed by atoms with Gasteiger partial charge in [0, 0.05) is 17.7 Å². The summed E-state index contributed by atoms with van der Waals surface area (Å²) in [7, 11) is 0. The van der Waals surface area contributed by atoms with Gasteiger partial charge in [-0.15, -0.1) is 8.78 Å². The van der Waals surface area contributed by atoms with Crippen molar-refractivity contribution in [1.82, 2.24) is 9.97 Å². The quantitative estimate of drug-likeness (QED) is 0.759. The number of anilines is 1. The van der Waals surface area contributed by atoms with Crippen LogP contribution >= 0.6 is 0 Å². The zero-order valence-electron chi connectivity index (χ0n) is 13.1. The summed E-state index contributed by atoms with van der Waals surface area (Å²) in [5.74, 6) is -0.311. The normalized spacial score (nSPS) is 14.7. The van der Waals surface area contributed by atoms with Gasteiger partial charge in [0.05, 0.1) is 11.0 Å². The molecular weight excluding hydrogens is 332 g/mol. The number of hydrogen-bond acceptors (Lipinski definition) is 4. The largest absolute Gasteiger partial charge is 0.586 e. The van der Waals surface area contributed by atoms with Crippen LogP contribution in [0.15, 0.2) is 36.4 Å². The van der Waals surface area contributed by atoms with E-state index in [-0.39, 0.29) is 23.4 Å². The maximum absolute atomic E-state index is 13.1. The minimum Gasteiger partial charge on any atom is -0.395 e. The van der Waals surface area contributed by atoms with Gasteiger partial charge in [0.1, 0.15) is 0 Å². The van der Waals surface area contributed by atoms with Crippen LogP contribution in [0.25, 0.3) is 11.0 Å². The summed E-state index contributed by atoms with van der Waals surface area (Å²) in [6.45, 7) is 2.03. The third-order valence-electron chi connectivity index (χ3n) is 3.86. The van der Waals surface area contributed by atoms with Crippen LogP contribution in [0.2, 0.25) is 0 Å². The van der Waals surface area contributed by atoms with E-state index in [1.807, 2.05) is 19.1 Å². The number of aromatic nitrogens is 2. The topological polar surface area (TPSA) is 76.2 Å². The number of halogens is 2. The second kappa shape index (κ2) is 5.44. The summed E-state index contributed by atoms with van der Waals surface area (Å²) in [6, 6.07) is 9.90. The molecule has 0 bridgehead atoms. The molecule has 4 rings (SSSR count). The summed E-state index contributed by atoms with van der Waals surface area (Å²) in [5, 5.41) is 2.64. The van der Waals surface area contributed by atoms with E-state index in [4.69, 9.17) is 0 Å². The van der Waals surface area contributed by atoms with Gasteiger partial charge in [-0.3, -0.25) is 10.1 Å². The average molecular weight is 345 g/mol. The number of fused-ring (bicyclic) bond motifs is 2. The second-order valence-electron chi connectivity index (χ2n) is 5.57. The monoisotopic (exact) mass is 345 g/mol. The van der Waals surface area contributed by atoms with Crippen LogP contribution in [0.1, 0.15) is 22.8 Å². The van der Waals surface area contributed by atoms with Crippen LogP contribution in [0.4, 0.5) is 14.7 Å². The van der Waals surface area contributed by atoms with Crippen LogP contribution in [0.5, 0.6) is 11.5 Å². The molecular formula is C17H13F2N3O3. The molecule has 2 heterocycles. The van der Waals surface area contributed by atoms with Crippen molar-refractivity contribution in [1.29, 1.82) is 0 Å². The molecule has 1 aromatic heterocycles. The number of benzene rings is 2. The lowest BCUT2D eigenvalue weighted by molar-refractivity contribution is -0.286. The molecule has 1 aliphatic rings. The second-order valence-corrected chi connectivity index (χ2v) is 5.57. The molecule has 8 heteroatoms. The Kier molecular flexibility index (Phi) is 3.34. The van der Waals surface area contributed by atoms with E-state index >= 15 is 0 Å². The maximum atomic E-state index is 13.1. The zero-order valence-corrected chi connectivity index (χ0v) is 13.1. The first-order valence-electron chi connectivity index (χ1n) is 7.63. The fourth-order valence-electron chi connectivity index (χ4n) is 2.58. The number of imidazole rings is 1. The Morgan fingerprint density at radius 2 is 1.88 bits per heavy atom. The molecule has 0 radical (unpaired) electrons. The molecule has 0 unspecified atom stereocenters. The van der Waals surface area contributed by atoms with E-state index < -0.39 is 6.29 Å². The van der Waals surface area contributed by atoms with Crippen molar-refractivity contribution in [3.63, 3.8) is 0 Å². The molecule has 0 aliphatic carbocycles. The van der Waals surface area contributed by atoms with Crippen molar-refractivity contribution < 1.29 is 23.0 Å². The highest BCUT2D eigenvalue weighted by Crippen LogP contribution is 2.42. The molecule has 1 amide bonds. The maximum Gasteiger partial charge on any atom is 0.586 e. The van der Waals surface area contributed by atoms with E-state index in [0.717, 1.165) is 12.0 Å². The van der Waals surface area contributed by atoms with Crippen molar-refractivity contribution in [3.05, 3.63) is 47.5 Å². The lowest BCUT2D eigenvalue weighted by Crippen LogP contribution is -2.25. The first-order chi connectivity index (χ1) is 11.9. The molecule has 0 saturated carbocycles. The van der Waals surface area contributed by atoms with Crippen LogP contribution in [-0.4, -0.2) is 22.2 Å². The molecule has 128 valence electrons. The van der Waals surface area contributed by atoms with Gasteiger partial charge in [0.15, 0.2) is 11.5 Å². The van der Waals surface area contributed by atoms with E-state index in [1.54, 1.807) is 12.1 Å². The highest BCUT2D eigenvalue weighted by Gasteiger charge is 2.43. The number of amides is 1. The van der Waals surface area contributed by atoms with Crippen molar-refractivity contribution >= 4 is 22.9 Å². The number of carbonyl (C=O) groups excluding carboxylic acids is 1.